The molecule has 0 spiro atoms. The number of rotatable bonds is 4. The van der Waals surface area contributed by atoms with Crippen molar-refractivity contribution in [1.29, 1.82) is 0 Å². The summed E-state index contributed by atoms with van der Waals surface area (Å²) in [5, 5.41) is 2.80. The van der Waals surface area contributed by atoms with Gasteiger partial charge in [0.05, 0.1) is 18.1 Å². The van der Waals surface area contributed by atoms with Crippen molar-refractivity contribution in [2.24, 2.45) is 0 Å². The van der Waals surface area contributed by atoms with Crippen molar-refractivity contribution < 1.29 is 17.9 Å². The molecular weight excluding hydrogens is 352 g/mol. The first-order chi connectivity index (χ1) is 12.4. The summed E-state index contributed by atoms with van der Waals surface area (Å²) in [6.07, 6.45) is 0. The number of ether oxygens (including phenoxy) is 1. The van der Waals surface area contributed by atoms with Gasteiger partial charge < -0.3 is 10.1 Å². The van der Waals surface area contributed by atoms with Crippen molar-refractivity contribution in [2.45, 2.75) is 24.8 Å². The fraction of sp³-hybridized carbons (Fsp3) is 0.316. The van der Waals surface area contributed by atoms with E-state index in [1.807, 2.05) is 26.0 Å². The van der Waals surface area contributed by atoms with E-state index >= 15 is 0 Å². The van der Waals surface area contributed by atoms with Crippen molar-refractivity contribution in [3.05, 3.63) is 59.7 Å². The van der Waals surface area contributed by atoms with Crippen LogP contribution in [0.25, 0.3) is 0 Å². The van der Waals surface area contributed by atoms with Crippen molar-refractivity contribution in [2.75, 3.05) is 25.1 Å². The Morgan fingerprint density at radius 1 is 1.15 bits per heavy atom. The average molecular weight is 374 g/mol. The highest BCUT2D eigenvalue weighted by Crippen LogP contribution is 2.22. The molecule has 1 fully saturated rings. The third-order valence-corrected chi connectivity index (χ3v) is 6.44. The molecule has 1 saturated heterocycles. The molecule has 2 aromatic carbocycles. The van der Waals surface area contributed by atoms with Crippen molar-refractivity contribution in [3.8, 4) is 0 Å². The van der Waals surface area contributed by atoms with Crippen LogP contribution in [0.3, 0.4) is 0 Å². The molecule has 1 amide bonds. The van der Waals surface area contributed by atoms with Crippen LogP contribution in [0.1, 0.15) is 22.8 Å². The van der Waals surface area contributed by atoms with Gasteiger partial charge in [-0.25, -0.2) is 8.42 Å². The zero-order chi connectivity index (χ0) is 18.7. The number of hydrogen-bond acceptors (Lipinski definition) is 4. The molecule has 0 aliphatic carbocycles. The second kappa shape index (κ2) is 7.57. The second-order valence-corrected chi connectivity index (χ2v) is 8.22. The summed E-state index contributed by atoms with van der Waals surface area (Å²) in [5.74, 6) is -0.222. The summed E-state index contributed by atoms with van der Waals surface area (Å²) in [6, 6.07) is 13.4. The van der Waals surface area contributed by atoms with E-state index in [1.165, 1.54) is 16.4 Å². The van der Waals surface area contributed by atoms with Crippen LogP contribution in [0.4, 0.5) is 5.69 Å². The fourth-order valence-corrected chi connectivity index (χ4v) is 4.54. The van der Waals surface area contributed by atoms with Crippen LogP contribution < -0.4 is 5.32 Å². The highest BCUT2D eigenvalue weighted by Gasteiger charge is 2.31. The third kappa shape index (κ3) is 3.80. The monoisotopic (exact) mass is 374 g/mol. The quantitative estimate of drug-likeness (QED) is 0.893. The number of carbonyl (C=O) groups excluding carboxylic acids is 1. The van der Waals surface area contributed by atoms with Gasteiger partial charge in [0, 0.05) is 23.8 Å². The first kappa shape index (κ1) is 18.6. The number of anilines is 1. The minimum Gasteiger partial charge on any atom is -0.378 e. The van der Waals surface area contributed by atoms with Crippen LogP contribution in [-0.2, 0) is 14.8 Å². The van der Waals surface area contributed by atoms with Crippen molar-refractivity contribution >= 4 is 21.6 Å². The maximum absolute atomic E-state index is 12.8. The highest BCUT2D eigenvalue weighted by molar-refractivity contribution is 7.89. The van der Waals surface area contributed by atoms with Crippen LogP contribution in [0.2, 0.25) is 0 Å². The number of amides is 1. The number of nitrogens with one attached hydrogen (secondary N) is 1. The lowest BCUT2D eigenvalue weighted by molar-refractivity contribution is 0.0393. The van der Waals surface area contributed by atoms with Crippen LogP contribution in [0, 0.1) is 6.92 Å². The first-order valence-corrected chi connectivity index (χ1v) is 9.90. The molecular formula is C19H22N2O4S. The van der Waals surface area contributed by atoms with Gasteiger partial charge in [0.2, 0.25) is 10.0 Å². The molecule has 1 aliphatic heterocycles. The largest absolute Gasteiger partial charge is 0.378 e. The molecule has 26 heavy (non-hydrogen) atoms. The van der Waals surface area contributed by atoms with Gasteiger partial charge in [0.25, 0.3) is 5.91 Å². The molecule has 0 radical (unpaired) electrons. The van der Waals surface area contributed by atoms with Gasteiger partial charge in [-0.05, 0) is 49.7 Å². The summed E-state index contributed by atoms with van der Waals surface area (Å²) in [4.78, 5) is 12.6. The first-order valence-electron chi connectivity index (χ1n) is 8.46. The van der Waals surface area contributed by atoms with E-state index in [1.54, 1.807) is 24.3 Å². The Morgan fingerprint density at radius 3 is 2.50 bits per heavy atom. The van der Waals surface area contributed by atoms with Gasteiger partial charge >= 0.3 is 0 Å². The van der Waals surface area contributed by atoms with Crippen molar-refractivity contribution in [1.82, 2.24) is 4.31 Å². The lowest BCUT2D eigenvalue weighted by Crippen LogP contribution is -2.46. The molecule has 6 nitrogen and oxygen atoms in total. The van der Waals surface area contributed by atoms with Crippen LogP contribution in [-0.4, -0.2) is 44.4 Å². The van der Waals surface area contributed by atoms with E-state index in [2.05, 4.69) is 5.32 Å². The molecule has 1 atom stereocenters. The normalized spacial score (nSPS) is 18.5. The zero-order valence-corrected chi connectivity index (χ0v) is 15.6. The number of aryl methyl sites for hydroxylation is 1. The van der Waals surface area contributed by atoms with Crippen molar-refractivity contribution in [3.63, 3.8) is 0 Å². The predicted octanol–water partition coefficient (Wildman–Crippen LogP) is 2.66. The zero-order valence-electron chi connectivity index (χ0n) is 14.8. The van der Waals surface area contributed by atoms with E-state index in [9.17, 15) is 13.2 Å². The Bertz CT molecular complexity index is 894. The number of nitrogens with zero attached hydrogens (tertiary/aromatic N) is 1. The van der Waals surface area contributed by atoms with Gasteiger partial charge in [0.1, 0.15) is 0 Å². The van der Waals surface area contributed by atoms with E-state index in [4.69, 9.17) is 4.74 Å². The average Bonchev–Trinajstić information content (AvgIpc) is 2.62. The van der Waals surface area contributed by atoms with E-state index < -0.39 is 10.0 Å². The van der Waals surface area contributed by atoms with Gasteiger partial charge in [-0.3, -0.25) is 4.79 Å². The summed E-state index contributed by atoms with van der Waals surface area (Å²) in [5.41, 5.74) is 2.02. The Kier molecular flexibility index (Phi) is 5.41. The minimum atomic E-state index is -3.57. The van der Waals surface area contributed by atoms with E-state index in [-0.39, 0.29) is 16.8 Å². The topological polar surface area (TPSA) is 75.7 Å². The number of morpholine rings is 1. The van der Waals surface area contributed by atoms with Crippen LogP contribution in [0.5, 0.6) is 0 Å². The molecule has 1 N–H and O–H groups in total. The highest BCUT2D eigenvalue weighted by atomic mass is 32.2. The predicted molar refractivity (Wildman–Crippen MR) is 99.7 cm³/mol. The van der Waals surface area contributed by atoms with Crippen LogP contribution >= 0.6 is 0 Å². The minimum absolute atomic E-state index is 0.200. The number of hydrogen-bond donors (Lipinski definition) is 1. The SMILES string of the molecule is Cc1ccccc1C(=O)Nc1ccc(S(=O)(=O)N2CCOCC2C)cc1. The smallest absolute Gasteiger partial charge is 0.255 e. The summed E-state index contributed by atoms with van der Waals surface area (Å²) in [7, 11) is -3.57. The number of benzene rings is 2. The standard InChI is InChI=1S/C19H22N2O4S/c1-14-5-3-4-6-18(14)19(22)20-16-7-9-17(10-8-16)26(23,24)21-11-12-25-13-15(21)2/h3-10,15H,11-13H2,1-2H3,(H,20,22). The molecule has 7 heteroatoms. The van der Waals surface area contributed by atoms with Crippen LogP contribution in [0.15, 0.2) is 53.4 Å². The van der Waals surface area contributed by atoms with Gasteiger partial charge in [-0.1, -0.05) is 18.2 Å². The molecule has 2 aromatic rings. The lowest BCUT2D eigenvalue weighted by Gasteiger charge is -2.32. The maximum Gasteiger partial charge on any atom is 0.255 e. The summed E-state index contributed by atoms with van der Waals surface area (Å²) in [6.45, 7) is 4.83. The van der Waals surface area contributed by atoms with Gasteiger partial charge in [0.15, 0.2) is 0 Å². The molecule has 1 unspecified atom stereocenters. The maximum atomic E-state index is 12.8. The fourth-order valence-electron chi connectivity index (χ4n) is 2.94. The summed E-state index contributed by atoms with van der Waals surface area (Å²) < 4.78 is 32.3. The molecule has 0 saturated carbocycles. The Labute approximate surface area is 153 Å². The molecule has 1 aliphatic rings. The molecule has 3 rings (SSSR count). The second-order valence-electron chi connectivity index (χ2n) is 6.33. The Morgan fingerprint density at radius 2 is 1.85 bits per heavy atom. The molecule has 0 bridgehead atoms. The Balaban J connectivity index is 1.76. The van der Waals surface area contributed by atoms with E-state index in [0.717, 1.165) is 5.56 Å². The third-order valence-electron chi connectivity index (χ3n) is 4.42. The summed E-state index contributed by atoms with van der Waals surface area (Å²) >= 11 is 0. The molecule has 1 heterocycles. The number of sulfonamides is 1. The molecule has 138 valence electrons. The van der Waals surface area contributed by atoms with E-state index in [0.29, 0.717) is 31.0 Å². The molecule has 0 aromatic heterocycles. The Hall–Kier alpha value is -2.22. The number of carbonyl (C=O) groups is 1. The lowest BCUT2D eigenvalue weighted by atomic mass is 10.1. The van der Waals surface area contributed by atoms with Gasteiger partial charge in [-0.2, -0.15) is 4.31 Å². The van der Waals surface area contributed by atoms with Gasteiger partial charge in [-0.15, -0.1) is 0 Å².